The van der Waals surface area contributed by atoms with Gasteiger partial charge in [-0.1, -0.05) is 18.2 Å². The Bertz CT molecular complexity index is 356. The van der Waals surface area contributed by atoms with Crippen molar-refractivity contribution in [3.63, 3.8) is 0 Å². The Morgan fingerprint density at radius 3 is 2.63 bits per heavy atom. The van der Waals surface area contributed by atoms with Crippen LogP contribution in [0, 0.1) is 0 Å². The lowest BCUT2D eigenvalue weighted by atomic mass is 10.2. The number of hydrogen-bond donors (Lipinski definition) is 1. The van der Waals surface area contributed by atoms with Gasteiger partial charge in [0, 0.05) is 13.7 Å². The summed E-state index contributed by atoms with van der Waals surface area (Å²) in [5, 5.41) is 0. The van der Waals surface area contributed by atoms with Crippen LogP contribution in [0.25, 0.3) is 0 Å². The van der Waals surface area contributed by atoms with Gasteiger partial charge in [0.25, 0.3) is 0 Å². The highest BCUT2D eigenvalue weighted by Crippen LogP contribution is 2.07. The first-order chi connectivity index (χ1) is 9.24. The summed E-state index contributed by atoms with van der Waals surface area (Å²) in [6.07, 6.45) is 1.31. The van der Waals surface area contributed by atoms with Gasteiger partial charge >= 0.3 is 5.97 Å². The molecule has 0 radical (unpaired) electrons. The fraction of sp³-hybridized carbons (Fsp3) is 0.500. The largest absolute Gasteiger partial charge is 0.490 e. The molecule has 0 aliphatic heterocycles. The van der Waals surface area contributed by atoms with E-state index in [0.717, 1.165) is 12.2 Å². The quantitative estimate of drug-likeness (QED) is 0.540. The minimum atomic E-state index is -0.591. The molecule has 0 saturated carbocycles. The fourth-order valence-electron chi connectivity index (χ4n) is 1.49. The molecule has 0 heterocycles. The van der Waals surface area contributed by atoms with Crippen LogP contribution in [0.1, 0.15) is 12.8 Å². The number of ether oxygens (including phenoxy) is 3. The lowest BCUT2D eigenvalue weighted by Gasteiger charge is -2.11. The van der Waals surface area contributed by atoms with Crippen LogP contribution in [0.4, 0.5) is 0 Å². The summed E-state index contributed by atoms with van der Waals surface area (Å²) < 4.78 is 15.3. The van der Waals surface area contributed by atoms with Crippen molar-refractivity contribution in [2.24, 2.45) is 5.73 Å². The number of carbonyl (C=O) groups excluding carboxylic acids is 1. The van der Waals surface area contributed by atoms with Crippen LogP contribution in [0.15, 0.2) is 30.3 Å². The molecule has 0 aliphatic rings. The number of para-hydroxylation sites is 1. The number of hydrogen-bond acceptors (Lipinski definition) is 5. The van der Waals surface area contributed by atoms with Gasteiger partial charge in [0.1, 0.15) is 25.0 Å². The molecule has 19 heavy (non-hydrogen) atoms. The van der Waals surface area contributed by atoms with Crippen LogP contribution in [0.2, 0.25) is 0 Å². The van der Waals surface area contributed by atoms with Crippen LogP contribution >= 0.6 is 0 Å². The van der Waals surface area contributed by atoms with Crippen LogP contribution < -0.4 is 10.5 Å². The highest BCUT2D eigenvalue weighted by atomic mass is 16.6. The number of rotatable bonds is 9. The van der Waals surface area contributed by atoms with Gasteiger partial charge < -0.3 is 19.9 Å². The van der Waals surface area contributed by atoms with Crippen molar-refractivity contribution in [2.45, 2.75) is 18.9 Å². The predicted molar refractivity (Wildman–Crippen MR) is 72.0 cm³/mol. The van der Waals surface area contributed by atoms with Gasteiger partial charge in [-0.2, -0.15) is 0 Å². The first kappa shape index (κ1) is 15.5. The zero-order chi connectivity index (χ0) is 13.9. The molecule has 0 bridgehead atoms. The highest BCUT2D eigenvalue weighted by molar-refractivity contribution is 5.75. The molecule has 0 amide bonds. The van der Waals surface area contributed by atoms with Crippen molar-refractivity contribution >= 4 is 5.97 Å². The molecule has 0 saturated heterocycles. The van der Waals surface area contributed by atoms with Gasteiger partial charge in [0.15, 0.2) is 0 Å². The van der Waals surface area contributed by atoms with Crippen molar-refractivity contribution < 1.29 is 19.0 Å². The van der Waals surface area contributed by atoms with Gasteiger partial charge in [-0.3, -0.25) is 4.79 Å². The smallest absolute Gasteiger partial charge is 0.323 e. The third kappa shape index (κ3) is 6.79. The molecule has 1 atom stereocenters. The zero-order valence-corrected chi connectivity index (χ0v) is 11.2. The first-order valence-corrected chi connectivity index (χ1v) is 6.33. The van der Waals surface area contributed by atoms with Crippen molar-refractivity contribution in [3.8, 4) is 5.75 Å². The molecule has 2 N–H and O–H groups in total. The van der Waals surface area contributed by atoms with Crippen LogP contribution in [0.5, 0.6) is 5.75 Å². The van der Waals surface area contributed by atoms with Gasteiger partial charge in [0.05, 0.1) is 0 Å². The Kier molecular flexibility index (Phi) is 7.62. The molecule has 106 valence electrons. The van der Waals surface area contributed by atoms with Crippen molar-refractivity contribution in [2.75, 3.05) is 26.9 Å². The Labute approximate surface area is 113 Å². The summed E-state index contributed by atoms with van der Waals surface area (Å²) in [6, 6.07) is 8.77. The molecule has 0 fully saturated rings. The fourth-order valence-corrected chi connectivity index (χ4v) is 1.49. The lowest BCUT2D eigenvalue weighted by Crippen LogP contribution is -2.33. The molecule has 0 spiro atoms. The second kappa shape index (κ2) is 9.35. The molecule has 5 heteroatoms. The number of carbonyl (C=O) groups is 1. The number of benzene rings is 1. The number of methoxy groups -OCH3 is 1. The lowest BCUT2D eigenvalue weighted by molar-refractivity contribution is -0.146. The van der Waals surface area contributed by atoms with Crippen molar-refractivity contribution in [1.29, 1.82) is 0 Å². The normalized spacial score (nSPS) is 11.9. The van der Waals surface area contributed by atoms with E-state index in [1.807, 2.05) is 30.3 Å². The predicted octanol–water partition coefficient (Wildman–Crippen LogP) is 1.36. The average molecular weight is 267 g/mol. The van der Waals surface area contributed by atoms with E-state index in [9.17, 15) is 4.79 Å². The van der Waals surface area contributed by atoms with Gasteiger partial charge in [-0.05, 0) is 25.0 Å². The molecule has 1 unspecified atom stereocenters. The van der Waals surface area contributed by atoms with Gasteiger partial charge in [-0.15, -0.1) is 0 Å². The average Bonchev–Trinajstić information content (AvgIpc) is 2.44. The SMILES string of the molecule is COCCCC(N)C(=O)OCCOc1ccccc1. The molecular weight excluding hydrogens is 246 g/mol. The zero-order valence-electron chi connectivity index (χ0n) is 11.2. The monoisotopic (exact) mass is 267 g/mol. The summed E-state index contributed by atoms with van der Waals surface area (Å²) in [7, 11) is 1.62. The standard InChI is InChI=1S/C14H21NO4/c1-17-9-5-8-13(15)14(16)19-11-10-18-12-6-3-2-4-7-12/h2-4,6-7,13H,5,8-11,15H2,1H3. The third-order valence-electron chi connectivity index (χ3n) is 2.51. The molecule has 1 aromatic rings. The molecule has 1 aromatic carbocycles. The second-order valence-electron chi connectivity index (χ2n) is 4.07. The van der Waals surface area contributed by atoms with Crippen LogP contribution in [-0.2, 0) is 14.3 Å². The Morgan fingerprint density at radius 2 is 1.95 bits per heavy atom. The first-order valence-electron chi connectivity index (χ1n) is 6.33. The summed E-state index contributed by atoms with van der Waals surface area (Å²) in [5.74, 6) is 0.357. The van der Waals surface area contributed by atoms with Crippen LogP contribution in [0.3, 0.4) is 0 Å². The number of nitrogens with two attached hydrogens (primary N) is 1. The molecular formula is C14H21NO4. The van der Waals surface area contributed by atoms with E-state index in [1.165, 1.54) is 0 Å². The molecule has 0 aromatic heterocycles. The minimum absolute atomic E-state index is 0.200. The van der Waals surface area contributed by atoms with E-state index in [4.69, 9.17) is 19.9 Å². The maximum absolute atomic E-state index is 11.5. The Balaban J connectivity index is 2.09. The highest BCUT2D eigenvalue weighted by Gasteiger charge is 2.14. The molecule has 1 rings (SSSR count). The maximum atomic E-state index is 11.5. The van der Waals surface area contributed by atoms with E-state index >= 15 is 0 Å². The van der Waals surface area contributed by atoms with E-state index in [1.54, 1.807) is 7.11 Å². The third-order valence-corrected chi connectivity index (χ3v) is 2.51. The summed E-state index contributed by atoms with van der Waals surface area (Å²) >= 11 is 0. The molecule has 0 aliphatic carbocycles. The summed E-state index contributed by atoms with van der Waals surface area (Å²) in [5.41, 5.74) is 5.68. The van der Waals surface area contributed by atoms with E-state index in [2.05, 4.69) is 0 Å². The number of esters is 1. The topological polar surface area (TPSA) is 70.8 Å². The molecule has 5 nitrogen and oxygen atoms in total. The second-order valence-corrected chi connectivity index (χ2v) is 4.07. The van der Waals surface area contributed by atoms with E-state index in [-0.39, 0.29) is 6.61 Å². The Morgan fingerprint density at radius 1 is 1.21 bits per heavy atom. The van der Waals surface area contributed by atoms with E-state index < -0.39 is 12.0 Å². The maximum Gasteiger partial charge on any atom is 0.323 e. The van der Waals surface area contributed by atoms with Crippen LogP contribution in [-0.4, -0.2) is 38.9 Å². The van der Waals surface area contributed by atoms with Crippen molar-refractivity contribution in [3.05, 3.63) is 30.3 Å². The minimum Gasteiger partial charge on any atom is -0.490 e. The summed E-state index contributed by atoms with van der Waals surface area (Å²) in [4.78, 5) is 11.5. The van der Waals surface area contributed by atoms with Crippen molar-refractivity contribution in [1.82, 2.24) is 0 Å². The summed E-state index contributed by atoms with van der Waals surface area (Å²) in [6.45, 7) is 1.12. The van der Waals surface area contributed by atoms with Gasteiger partial charge in [-0.25, -0.2) is 0 Å². The van der Waals surface area contributed by atoms with Gasteiger partial charge in [0.2, 0.25) is 0 Å². The Hall–Kier alpha value is -1.59. The van der Waals surface area contributed by atoms with E-state index in [0.29, 0.717) is 19.6 Å².